The van der Waals surface area contributed by atoms with E-state index < -0.39 is 23.0 Å². The Balaban J connectivity index is 1.36. The fraction of sp³-hybridized carbons (Fsp3) is 0.419. The lowest BCUT2D eigenvalue weighted by molar-refractivity contribution is -0.118. The number of rotatable bonds is 11. The molecule has 9 nitrogen and oxygen atoms in total. The number of carbonyl (C=O) groups is 1. The molecule has 3 aromatic rings. The molecule has 0 unspecified atom stereocenters. The van der Waals surface area contributed by atoms with Gasteiger partial charge in [-0.05, 0) is 60.8 Å². The van der Waals surface area contributed by atoms with Crippen LogP contribution in [-0.4, -0.2) is 49.3 Å². The number of nitrogens with two attached hydrogens (primary N) is 1. The zero-order valence-corrected chi connectivity index (χ0v) is 22.8. The highest BCUT2D eigenvalue weighted by Gasteiger charge is 2.27. The summed E-state index contributed by atoms with van der Waals surface area (Å²) in [5, 5.41) is 10.7. The van der Waals surface area contributed by atoms with E-state index in [9.17, 15) is 14.7 Å². The number of fused-ring (bicyclic) bond motifs is 1. The first-order valence-electron chi connectivity index (χ1n) is 13.8. The number of nitrogens with zero attached hydrogens (tertiary/aromatic N) is 1. The summed E-state index contributed by atoms with van der Waals surface area (Å²) in [6.45, 7) is 3.46. The van der Waals surface area contributed by atoms with Crippen LogP contribution in [0.4, 0.5) is 0 Å². The minimum Gasteiger partial charge on any atom is -0.502 e. The molecule has 3 N–H and O–H groups in total. The second-order valence-electron chi connectivity index (χ2n) is 10.4. The van der Waals surface area contributed by atoms with Gasteiger partial charge in [0.1, 0.15) is 11.5 Å². The van der Waals surface area contributed by atoms with Gasteiger partial charge in [0.05, 0.1) is 32.8 Å². The van der Waals surface area contributed by atoms with Crippen molar-refractivity contribution in [2.75, 3.05) is 33.4 Å². The molecule has 212 valence electrons. The zero-order valence-electron chi connectivity index (χ0n) is 22.8. The van der Waals surface area contributed by atoms with Crippen LogP contribution in [0.3, 0.4) is 0 Å². The van der Waals surface area contributed by atoms with Crippen LogP contribution >= 0.6 is 0 Å². The number of methoxy groups -OCH3 is 1. The monoisotopic (exact) mass is 548 g/mol. The number of primary amides is 1. The molecule has 1 saturated heterocycles. The average molecular weight is 549 g/mol. The molecule has 2 aromatic carbocycles. The molecule has 1 aromatic heterocycles. The van der Waals surface area contributed by atoms with Crippen LogP contribution in [0.5, 0.6) is 23.0 Å². The zero-order chi connectivity index (χ0) is 28.1. The topological polar surface area (TPSA) is 124 Å². The Morgan fingerprint density at radius 3 is 2.70 bits per heavy atom. The smallest absolute Gasteiger partial charge is 0.227 e. The number of piperidine rings is 1. The van der Waals surface area contributed by atoms with Crippen LogP contribution in [-0.2, 0) is 24.2 Å². The lowest BCUT2D eigenvalue weighted by Gasteiger charge is -2.26. The predicted molar refractivity (Wildman–Crippen MR) is 149 cm³/mol. The molecule has 9 heteroatoms. The summed E-state index contributed by atoms with van der Waals surface area (Å²) in [6.07, 6.45) is 4.85. The molecular weight excluding hydrogens is 512 g/mol. The van der Waals surface area contributed by atoms with Crippen molar-refractivity contribution in [3.63, 3.8) is 0 Å². The van der Waals surface area contributed by atoms with E-state index >= 15 is 0 Å². The average Bonchev–Trinajstić information content (AvgIpc) is 3.42. The largest absolute Gasteiger partial charge is 0.502 e. The van der Waals surface area contributed by atoms with Gasteiger partial charge in [-0.15, -0.1) is 0 Å². The van der Waals surface area contributed by atoms with Gasteiger partial charge in [0.25, 0.3) is 0 Å². The van der Waals surface area contributed by atoms with Crippen molar-refractivity contribution in [1.29, 1.82) is 0 Å². The minimum atomic E-state index is -0.775. The van der Waals surface area contributed by atoms with Crippen molar-refractivity contribution < 1.29 is 28.5 Å². The number of hydrogen-bond acceptors (Lipinski definition) is 8. The maximum Gasteiger partial charge on any atom is 0.227 e. The second-order valence-corrected chi connectivity index (χ2v) is 10.4. The van der Waals surface area contributed by atoms with E-state index in [1.165, 1.54) is 25.2 Å². The number of aromatic hydroxyl groups is 1. The predicted octanol–water partition coefficient (Wildman–Crippen LogP) is 3.90. The van der Waals surface area contributed by atoms with Crippen molar-refractivity contribution in [2.45, 2.75) is 51.0 Å². The molecule has 1 fully saturated rings. The molecule has 0 radical (unpaired) electrons. The summed E-state index contributed by atoms with van der Waals surface area (Å²) in [4.78, 5) is 27.0. The van der Waals surface area contributed by atoms with Crippen LogP contribution in [0.15, 0.2) is 51.7 Å². The SMILES string of the molecule is COc1cc([C@H](CC(N)=O)c2oc(CN3CCCCC3)cc(=O)c2O)ccc1OCCc1ccc2c(c1)CCO2. The van der Waals surface area contributed by atoms with E-state index in [1.807, 2.05) is 12.1 Å². The van der Waals surface area contributed by atoms with E-state index in [-0.39, 0.29) is 12.2 Å². The number of ether oxygens (including phenoxy) is 3. The van der Waals surface area contributed by atoms with Gasteiger partial charge >= 0.3 is 0 Å². The van der Waals surface area contributed by atoms with E-state index in [4.69, 9.17) is 24.4 Å². The number of carbonyl (C=O) groups excluding carboxylic acids is 1. The highest BCUT2D eigenvalue weighted by molar-refractivity contribution is 5.75. The fourth-order valence-electron chi connectivity index (χ4n) is 5.46. The van der Waals surface area contributed by atoms with Gasteiger partial charge in [0.2, 0.25) is 17.1 Å². The molecule has 1 amide bonds. The minimum absolute atomic E-state index is 0.0228. The standard InChI is InChI=1S/C31H36N2O7/c1-37-28-16-21(6-8-27(28)39-13-9-20-5-7-26-22(15-20)10-14-38-26)24(18-29(32)35)31-30(36)25(34)17-23(40-31)19-33-11-3-2-4-12-33/h5-8,15-17,24,36H,2-4,9-14,18-19H2,1H3,(H2,32,35)/t24-/m0/s1. The molecule has 0 aliphatic carbocycles. The summed E-state index contributed by atoms with van der Waals surface area (Å²) in [5.74, 6) is 0.530. The quantitative estimate of drug-likeness (QED) is 0.370. The summed E-state index contributed by atoms with van der Waals surface area (Å²) < 4.78 is 23.3. The van der Waals surface area contributed by atoms with Gasteiger partial charge in [-0.1, -0.05) is 24.6 Å². The van der Waals surface area contributed by atoms with Gasteiger partial charge < -0.3 is 29.5 Å². The number of hydrogen-bond donors (Lipinski definition) is 2. The first-order chi connectivity index (χ1) is 19.4. The van der Waals surface area contributed by atoms with Crippen LogP contribution in [0.2, 0.25) is 0 Å². The Hall–Kier alpha value is -3.98. The van der Waals surface area contributed by atoms with Crippen LogP contribution in [0.1, 0.15) is 59.8 Å². The Morgan fingerprint density at radius 1 is 1.10 bits per heavy atom. The second kappa shape index (κ2) is 12.5. The molecule has 3 heterocycles. The molecule has 40 heavy (non-hydrogen) atoms. The van der Waals surface area contributed by atoms with Crippen LogP contribution in [0, 0.1) is 0 Å². The maximum atomic E-state index is 12.7. The number of benzene rings is 2. The first-order valence-corrected chi connectivity index (χ1v) is 13.8. The summed E-state index contributed by atoms with van der Waals surface area (Å²) in [5.41, 5.74) is 8.03. The van der Waals surface area contributed by atoms with Crippen molar-refractivity contribution in [1.82, 2.24) is 4.90 Å². The third kappa shape index (κ3) is 6.42. The summed E-state index contributed by atoms with van der Waals surface area (Å²) in [6, 6.07) is 12.8. The van der Waals surface area contributed by atoms with Crippen molar-refractivity contribution in [3.05, 3.63) is 80.9 Å². The van der Waals surface area contributed by atoms with Crippen LogP contribution in [0.25, 0.3) is 0 Å². The number of likely N-dealkylation sites (tertiary alicyclic amines) is 1. The molecule has 0 saturated carbocycles. The van der Waals surface area contributed by atoms with Gasteiger partial charge in [-0.25, -0.2) is 0 Å². The van der Waals surface area contributed by atoms with E-state index in [2.05, 4.69) is 11.0 Å². The first kappa shape index (κ1) is 27.6. The third-order valence-corrected chi connectivity index (χ3v) is 7.54. The highest BCUT2D eigenvalue weighted by atomic mass is 16.5. The molecular formula is C31H36N2O7. The molecule has 5 rings (SSSR count). The Bertz CT molecular complexity index is 1410. The molecule has 2 aliphatic rings. The van der Waals surface area contributed by atoms with Gasteiger partial charge in [-0.2, -0.15) is 0 Å². The van der Waals surface area contributed by atoms with Crippen molar-refractivity contribution in [3.8, 4) is 23.0 Å². The summed E-state index contributed by atoms with van der Waals surface area (Å²) >= 11 is 0. The fourth-order valence-corrected chi connectivity index (χ4v) is 5.46. The van der Waals surface area contributed by atoms with Gasteiger partial charge in [0.15, 0.2) is 17.3 Å². The Morgan fingerprint density at radius 2 is 1.93 bits per heavy atom. The van der Waals surface area contributed by atoms with E-state index in [1.54, 1.807) is 18.2 Å². The third-order valence-electron chi connectivity index (χ3n) is 7.54. The molecule has 0 spiro atoms. The lowest BCUT2D eigenvalue weighted by atomic mass is 9.91. The molecule has 0 bridgehead atoms. The van der Waals surface area contributed by atoms with E-state index in [0.717, 1.165) is 50.3 Å². The van der Waals surface area contributed by atoms with Crippen LogP contribution < -0.4 is 25.4 Å². The van der Waals surface area contributed by atoms with E-state index in [0.29, 0.717) is 42.4 Å². The van der Waals surface area contributed by atoms with Crippen molar-refractivity contribution >= 4 is 5.91 Å². The van der Waals surface area contributed by atoms with Crippen molar-refractivity contribution in [2.24, 2.45) is 5.73 Å². The normalized spacial score (nSPS) is 15.7. The summed E-state index contributed by atoms with van der Waals surface area (Å²) in [7, 11) is 1.53. The van der Waals surface area contributed by atoms with Gasteiger partial charge in [-0.3, -0.25) is 14.5 Å². The highest BCUT2D eigenvalue weighted by Crippen LogP contribution is 2.38. The molecule has 2 aliphatic heterocycles. The maximum absolute atomic E-state index is 12.7. The Kier molecular flexibility index (Phi) is 8.60. The lowest BCUT2D eigenvalue weighted by Crippen LogP contribution is -2.29. The number of amides is 1. The molecule has 1 atom stereocenters. The Labute approximate surface area is 233 Å². The van der Waals surface area contributed by atoms with Gasteiger partial charge in [0, 0.05) is 25.3 Å².